The van der Waals surface area contributed by atoms with Gasteiger partial charge in [0, 0.05) is 19.3 Å². The molecule has 5 heteroatoms. The Kier molecular flexibility index (Phi) is 4.37. The summed E-state index contributed by atoms with van der Waals surface area (Å²) in [7, 11) is 0. The van der Waals surface area contributed by atoms with Crippen molar-refractivity contribution in [2.45, 2.75) is 39.2 Å². The van der Waals surface area contributed by atoms with Crippen LogP contribution in [0.15, 0.2) is 23.5 Å². The van der Waals surface area contributed by atoms with E-state index >= 15 is 0 Å². The first-order valence-electron chi connectivity index (χ1n) is 6.83. The number of amidine groups is 1. The first-order valence-corrected chi connectivity index (χ1v) is 6.83. The van der Waals surface area contributed by atoms with Gasteiger partial charge in [0.15, 0.2) is 5.84 Å². The minimum atomic E-state index is 0.0477. The summed E-state index contributed by atoms with van der Waals surface area (Å²) in [6.45, 7) is 4.11. The van der Waals surface area contributed by atoms with E-state index in [-0.39, 0.29) is 5.84 Å². The van der Waals surface area contributed by atoms with Gasteiger partial charge in [0.05, 0.1) is 0 Å². The summed E-state index contributed by atoms with van der Waals surface area (Å²) in [6, 6.07) is 3.79. The molecule has 19 heavy (non-hydrogen) atoms. The van der Waals surface area contributed by atoms with Crippen molar-refractivity contribution in [3.05, 3.63) is 29.6 Å². The van der Waals surface area contributed by atoms with Gasteiger partial charge in [-0.05, 0) is 42.4 Å². The number of aromatic nitrogens is 1. The molecule has 1 aromatic heterocycles. The average molecular weight is 262 g/mol. The Morgan fingerprint density at radius 1 is 1.58 bits per heavy atom. The molecule has 0 amide bonds. The van der Waals surface area contributed by atoms with Crippen LogP contribution in [0.25, 0.3) is 0 Å². The third-order valence-electron chi connectivity index (χ3n) is 3.76. The van der Waals surface area contributed by atoms with E-state index in [1.165, 1.54) is 25.7 Å². The van der Waals surface area contributed by atoms with Gasteiger partial charge in [-0.3, -0.25) is 4.98 Å². The predicted molar refractivity (Wildman–Crippen MR) is 75.0 cm³/mol. The van der Waals surface area contributed by atoms with Gasteiger partial charge in [-0.2, -0.15) is 0 Å². The maximum absolute atomic E-state index is 8.64. The van der Waals surface area contributed by atoms with Gasteiger partial charge < -0.3 is 16.3 Å². The molecule has 0 saturated heterocycles. The van der Waals surface area contributed by atoms with Gasteiger partial charge in [0.1, 0.15) is 5.69 Å². The second kappa shape index (κ2) is 6.02. The fourth-order valence-electron chi connectivity index (χ4n) is 2.47. The summed E-state index contributed by atoms with van der Waals surface area (Å²) < 4.78 is 0. The average Bonchev–Trinajstić information content (AvgIpc) is 3.18. The Morgan fingerprint density at radius 2 is 2.37 bits per heavy atom. The van der Waals surface area contributed by atoms with E-state index in [0.29, 0.717) is 11.1 Å². The molecule has 1 aliphatic carbocycles. The summed E-state index contributed by atoms with van der Waals surface area (Å²) in [4.78, 5) is 4.07. The number of pyridine rings is 1. The SMILES string of the molecule is CCCC1(CNCc2ccnc(/C(N)=N/O)c2)CC1. The van der Waals surface area contributed by atoms with E-state index in [1.807, 2.05) is 12.1 Å². The van der Waals surface area contributed by atoms with Crippen molar-refractivity contribution in [2.75, 3.05) is 6.54 Å². The zero-order chi connectivity index (χ0) is 13.7. The summed E-state index contributed by atoms with van der Waals surface area (Å²) in [6.07, 6.45) is 6.94. The van der Waals surface area contributed by atoms with Crippen molar-refractivity contribution >= 4 is 5.84 Å². The molecule has 0 aromatic carbocycles. The first kappa shape index (κ1) is 13.8. The largest absolute Gasteiger partial charge is 0.409 e. The zero-order valence-electron chi connectivity index (χ0n) is 11.4. The van der Waals surface area contributed by atoms with E-state index in [2.05, 4.69) is 22.4 Å². The van der Waals surface area contributed by atoms with Crippen LogP contribution < -0.4 is 11.1 Å². The van der Waals surface area contributed by atoms with Gasteiger partial charge in [0.2, 0.25) is 0 Å². The normalized spacial score (nSPS) is 17.4. The third kappa shape index (κ3) is 3.67. The Labute approximate surface area is 113 Å². The van der Waals surface area contributed by atoms with Crippen molar-refractivity contribution in [3.63, 3.8) is 0 Å². The smallest absolute Gasteiger partial charge is 0.188 e. The van der Waals surface area contributed by atoms with Crippen LogP contribution >= 0.6 is 0 Å². The number of hydrogen-bond acceptors (Lipinski definition) is 4. The standard InChI is InChI=1S/C14H22N4O/c1-2-4-14(5-6-14)10-16-9-11-3-7-17-12(8-11)13(15)18-19/h3,7-8,16,19H,2,4-6,9-10H2,1H3,(H2,15,18). The van der Waals surface area contributed by atoms with Crippen LogP contribution in [0.1, 0.15) is 43.9 Å². The molecule has 1 aliphatic rings. The van der Waals surface area contributed by atoms with Crippen LogP contribution in [0.2, 0.25) is 0 Å². The molecule has 1 heterocycles. The molecule has 0 bridgehead atoms. The lowest BCUT2D eigenvalue weighted by Gasteiger charge is -2.15. The lowest BCUT2D eigenvalue weighted by molar-refractivity contribution is 0.318. The van der Waals surface area contributed by atoms with Crippen LogP contribution in [-0.2, 0) is 6.54 Å². The molecule has 1 saturated carbocycles. The van der Waals surface area contributed by atoms with Crippen LogP contribution in [0.3, 0.4) is 0 Å². The molecular formula is C14H22N4O. The predicted octanol–water partition coefficient (Wildman–Crippen LogP) is 1.85. The second-order valence-corrected chi connectivity index (χ2v) is 5.39. The Hall–Kier alpha value is -1.62. The minimum absolute atomic E-state index is 0.0477. The van der Waals surface area contributed by atoms with Gasteiger partial charge in [-0.15, -0.1) is 0 Å². The Balaban J connectivity index is 1.86. The van der Waals surface area contributed by atoms with E-state index < -0.39 is 0 Å². The lowest BCUT2D eigenvalue weighted by atomic mass is 10.0. The van der Waals surface area contributed by atoms with Crippen LogP contribution in [-0.4, -0.2) is 22.6 Å². The van der Waals surface area contributed by atoms with Crippen molar-refractivity contribution in [1.29, 1.82) is 0 Å². The molecule has 1 fully saturated rings. The maximum Gasteiger partial charge on any atom is 0.188 e. The van der Waals surface area contributed by atoms with E-state index in [0.717, 1.165) is 18.7 Å². The molecule has 4 N–H and O–H groups in total. The Morgan fingerprint density at radius 3 is 3.00 bits per heavy atom. The molecule has 2 rings (SSSR count). The molecular weight excluding hydrogens is 240 g/mol. The quantitative estimate of drug-likeness (QED) is 0.303. The van der Waals surface area contributed by atoms with Gasteiger partial charge in [-0.25, -0.2) is 0 Å². The monoisotopic (exact) mass is 262 g/mol. The summed E-state index contributed by atoms with van der Waals surface area (Å²) in [5.74, 6) is 0.0477. The van der Waals surface area contributed by atoms with Crippen LogP contribution in [0.5, 0.6) is 0 Å². The van der Waals surface area contributed by atoms with Crippen LogP contribution in [0.4, 0.5) is 0 Å². The summed E-state index contributed by atoms with van der Waals surface area (Å²) in [5, 5.41) is 15.1. The van der Waals surface area contributed by atoms with Gasteiger partial charge in [-0.1, -0.05) is 18.5 Å². The van der Waals surface area contributed by atoms with E-state index in [9.17, 15) is 0 Å². The molecule has 0 atom stereocenters. The van der Waals surface area contributed by atoms with E-state index in [4.69, 9.17) is 10.9 Å². The highest BCUT2D eigenvalue weighted by atomic mass is 16.4. The first-order chi connectivity index (χ1) is 9.19. The fourth-order valence-corrected chi connectivity index (χ4v) is 2.47. The van der Waals surface area contributed by atoms with E-state index in [1.54, 1.807) is 6.20 Å². The fraction of sp³-hybridized carbons (Fsp3) is 0.571. The van der Waals surface area contributed by atoms with Crippen molar-refractivity contribution < 1.29 is 5.21 Å². The van der Waals surface area contributed by atoms with Crippen LogP contribution in [0, 0.1) is 5.41 Å². The van der Waals surface area contributed by atoms with Crippen molar-refractivity contribution in [3.8, 4) is 0 Å². The minimum Gasteiger partial charge on any atom is -0.409 e. The number of rotatable bonds is 7. The van der Waals surface area contributed by atoms with Gasteiger partial charge >= 0.3 is 0 Å². The highest BCUT2D eigenvalue weighted by Crippen LogP contribution is 2.48. The molecule has 104 valence electrons. The molecule has 0 radical (unpaired) electrons. The Bertz CT molecular complexity index is 455. The van der Waals surface area contributed by atoms with Gasteiger partial charge in [0.25, 0.3) is 0 Å². The topological polar surface area (TPSA) is 83.5 Å². The number of nitrogens with two attached hydrogens (primary N) is 1. The third-order valence-corrected chi connectivity index (χ3v) is 3.76. The molecule has 1 aromatic rings. The number of nitrogens with zero attached hydrogens (tertiary/aromatic N) is 2. The molecule has 0 unspecified atom stereocenters. The van der Waals surface area contributed by atoms with Crippen molar-refractivity contribution in [2.24, 2.45) is 16.3 Å². The highest BCUT2D eigenvalue weighted by Gasteiger charge is 2.40. The highest BCUT2D eigenvalue weighted by molar-refractivity contribution is 5.95. The lowest BCUT2D eigenvalue weighted by Crippen LogP contribution is -2.24. The molecule has 0 spiro atoms. The molecule has 0 aliphatic heterocycles. The number of nitrogens with one attached hydrogen (secondary N) is 1. The van der Waals surface area contributed by atoms with Crippen molar-refractivity contribution in [1.82, 2.24) is 10.3 Å². The molecule has 5 nitrogen and oxygen atoms in total. The number of hydrogen-bond donors (Lipinski definition) is 3. The maximum atomic E-state index is 8.64. The zero-order valence-corrected chi connectivity index (χ0v) is 11.4. The second-order valence-electron chi connectivity index (χ2n) is 5.39. The number of oxime groups is 1. The summed E-state index contributed by atoms with van der Waals surface area (Å²) >= 11 is 0. The summed E-state index contributed by atoms with van der Waals surface area (Å²) in [5.41, 5.74) is 7.69.